The van der Waals surface area contributed by atoms with Crippen molar-refractivity contribution in [2.45, 2.75) is 25.7 Å². The summed E-state index contributed by atoms with van der Waals surface area (Å²) in [6.45, 7) is 1.41. The number of benzene rings is 1. The number of thiophene rings is 1. The Hall–Kier alpha value is -3.14. The van der Waals surface area contributed by atoms with Crippen LogP contribution in [0.15, 0.2) is 47.8 Å². The minimum Gasteiger partial charge on any atom is -0.350 e. The van der Waals surface area contributed by atoms with Crippen LogP contribution in [0.1, 0.15) is 37.0 Å². The van der Waals surface area contributed by atoms with E-state index in [0.29, 0.717) is 30.9 Å². The van der Waals surface area contributed by atoms with Crippen LogP contribution in [0.3, 0.4) is 0 Å². The SMILES string of the molecule is O=C(NCCc1cccs1)c1cc2n(n1)CCN(Cc1ccc(C(F)(F)F)cc1)C2=O. The molecule has 3 heterocycles. The Kier molecular flexibility index (Phi) is 5.81. The van der Waals surface area contributed by atoms with E-state index in [1.807, 2.05) is 17.5 Å². The summed E-state index contributed by atoms with van der Waals surface area (Å²) in [4.78, 5) is 27.9. The fraction of sp³-hybridized carbons (Fsp3) is 0.286. The molecule has 4 rings (SSSR count). The van der Waals surface area contributed by atoms with Crippen LogP contribution in [0.25, 0.3) is 0 Å². The number of alkyl halides is 3. The molecule has 1 aliphatic heterocycles. The van der Waals surface area contributed by atoms with Crippen molar-refractivity contribution in [2.24, 2.45) is 0 Å². The molecule has 6 nitrogen and oxygen atoms in total. The van der Waals surface area contributed by atoms with Crippen LogP contribution in [-0.4, -0.2) is 39.6 Å². The van der Waals surface area contributed by atoms with Crippen LogP contribution >= 0.6 is 11.3 Å². The number of nitrogens with one attached hydrogen (secondary N) is 1. The van der Waals surface area contributed by atoms with Crippen LogP contribution in [0.2, 0.25) is 0 Å². The molecule has 0 saturated carbocycles. The van der Waals surface area contributed by atoms with Crippen molar-refractivity contribution in [3.63, 3.8) is 0 Å². The highest BCUT2D eigenvalue weighted by Gasteiger charge is 2.31. The lowest BCUT2D eigenvalue weighted by molar-refractivity contribution is -0.137. The molecule has 1 aliphatic rings. The van der Waals surface area contributed by atoms with Gasteiger partial charge in [0.2, 0.25) is 0 Å². The molecule has 3 aromatic rings. The number of rotatable bonds is 6. The summed E-state index contributed by atoms with van der Waals surface area (Å²) in [6.07, 6.45) is -3.68. The minimum atomic E-state index is -4.40. The third kappa shape index (κ3) is 4.79. The second-order valence-electron chi connectivity index (χ2n) is 7.14. The van der Waals surface area contributed by atoms with Gasteiger partial charge in [0.05, 0.1) is 12.1 Å². The molecular weight excluding hydrogens is 429 g/mol. The molecular formula is C21H19F3N4O2S. The normalized spacial score (nSPS) is 13.9. The standard InChI is InChI=1S/C21H19F3N4O2S/c22-21(23,24)15-5-3-14(4-6-15)13-27-9-10-28-18(20(27)30)12-17(26-28)19(29)25-8-7-16-2-1-11-31-16/h1-6,11-12H,7-10,13H2,(H,25,29). The monoisotopic (exact) mass is 448 g/mol. The molecule has 0 spiro atoms. The van der Waals surface area contributed by atoms with Crippen molar-refractivity contribution in [3.8, 4) is 0 Å². The molecule has 1 N–H and O–H groups in total. The van der Waals surface area contributed by atoms with Gasteiger partial charge in [-0.2, -0.15) is 18.3 Å². The van der Waals surface area contributed by atoms with Crippen molar-refractivity contribution in [1.29, 1.82) is 0 Å². The molecule has 0 saturated heterocycles. The second-order valence-corrected chi connectivity index (χ2v) is 8.18. The summed E-state index contributed by atoms with van der Waals surface area (Å²) in [6, 6.07) is 10.2. The zero-order chi connectivity index (χ0) is 22.0. The van der Waals surface area contributed by atoms with Crippen molar-refractivity contribution in [1.82, 2.24) is 20.0 Å². The molecule has 0 fully saturated rings. The van der Waals surface area contributed by atoms with Gasteiger partial charge in [-0.15, -0.1) is 11.3 Å². The molecule has 0 aliphatic carbocycles. The van der Waals surface area contributed by atoms with E-state index in [0.717, 1.165) is 18.6 Å². The van der Waals surface area contributed by atoms with Crippen LogP contribution in [0.5, 0.6) is 0 Å². The Morgan fingerprint density at radius 1 is 1.16 bits per heavy atom. The number of hydrogen-bond donors (Lipinski definition) is 1. The Morgan fingerprint density at radius 2 is 1.94 bits per heavy atom. The van der Waals surface area contributed by atoms with E-state index in [1.54, 1.807) is 11.3 Å². The lowest BCUT2D eigenvalue weighted by atomic mass is 10.1. The lowest BCUT2D eigenvalue weighted by Crippen LogP contribution is -2.39. The maximum absolute atomic E-state index is 12.8. The smallest absolute Gasteiger partial charge is 0.350 e. The average Bonchev–Trinajstić information content (AvgIpc) is 3.40. The fourth-order valence-corrected chi connectivity index (χ4v) is 4.07. The summed E-state index contributed by atoms with van der Waals surface area (Å²) in [5, 5.41) is 9.01. The highest BCUT2D eigenvalue weighted by Crippen LogP contribution is 2.29. The van der Waals surface area contributed by atoms with E-state index >= 15 is 0 Å². The topological polar surface area (TPSA) is 67.2 Å². The van der Waals surface area contributed by atoms with Gasteiger partial charge in [-0.1, -0.05) is 18.2 Å². The number of halogens is 3. The first kappa shape index (κ1) is 21.1. The highest BCUT2D eigenvalue weighted by atomic mass is 32.1. The first-order valence-electron chi connectivity index (χ1n) is 9.65. The quantitative estimate of drug-likeness (QED) is 0.627. The second kappa shape index (κ2) is 8.54. The maximum atomic E-state index is 12.8. The van der Waals surface area contributed by atoms with Gasteiger partial charge in [-0.3, -0.25) is 14.3 Å². The number of carbonyl (C=O) groups excluding carboxylic acids is 2. The molecule has 10 heteroatoms. The molecule has 0 bridgehead atoms. The van der Waals surface area contributed by atoms with E-state index in [4.69, 9.17) is 0 Å². The van der Waals surface area contributed by atoms with Gasteiger partial charge in [-0.25, -0.2) is 0 Å². The molecule has 162 valence electrons. The number of carbonyl (C=O) groups is 2. The Bertz CT molecular complexity index is 1080. The van der Waals surface area contributed by atoms with Gasteiger partial charge in [0.25, 0.3) is 11.8 Å². The predicted molar refractivity (Wildman–Crippen MR) is 109 cm³/mol. The largest absolute Gasteiger partial charge is 0.416 e. The summed E-state index contributed by atoms with van der Waals surface area (Å²) >= 11 is 1.62. The molecule has 0 unspecified atom stereocenters. The van der Waals surface area contributed by atoms with Crippen LogP contribution in [-0.2, 0) is 25.7 Å². The maximum Gasteiger partial charge on any atom is 0.416 e. The Morgan fingerprint density at radius 3 is 2.61 bits per heavy atom. The average molecular weight is 448 g/mol. The third-order valence-electron chi connectivity index (χ3n) is 4.99. The molecule has 2 aromatic heterocycles. The summed E-state index contributed by atoms with van der Waals surface area (Å²) in [5.74, 6) is -0.656. The van der Waals surface area contributed by atoms with Crippen LogP contribution in [0, 0.1) is 0 Å². The molecule has 1 aromatic carbocycles. The number of nitrogens with zero attached hydrogens (tertiary/aromatic N) is 3. The van der Waals surface area contributed by atoms with E-state index < -0.39 is 11.7 Å². The van der Waals surface area contributed by atoms with Crippen molar-refractivity contribution in [2.75, 3.05) is 13.1 Å². The minimum absolute atomic E-state index is 0.172. The van der Waals surface area contributed by atoms with Crippen molar-refractivity contribution >= 4 is 23.2 Å². The van der Waals surface area contributed by atoms with Crippen LogP contribution in [0.4, 0.5) is 13.2 Å². The molecule has 0 radical (unpaired) electrons. The fourth-order valence-electron chi connectivity index (χ4n) is 3.36. The number of fused-ring (bicyclic) bond motifs is 1. The lowest BCUT2D eigenvalue weighted by Gasteiger charge is -2.27. The van der Waals surface area contributed by atoms with Gasteiger partial charge in [0.1, 0.15) is 5.69 Å². The predicted octanol–water partition coefficient (Wildman–Crippen LogP) is 3.59. The summed E-state index contributed by atoms with van der Waals surface area (Å²) in [7, 11) is 0. The van der Waals surface area contributed by atoms with Crippen molar-refractivity contribution in [3.05, 3.63) is 75.2 Å². The Labute approximate surface area is 180 Å². The first-order valence-corrected chi connectivity index (χ1v) is 10.5. The van der Waals surface area contributed by atoms with Gasteiger partial charge in [-0.05, 0) is 35.6 Å². The zero-order valence-corrected chi connectivity index (χ0v) is 17.2. The van der Waals surface area contributed by atoms with Gasteiger partial charge in [0.15, 0.2) is 5.69 Å². The Balaban J connectivity index is 1.38. The molecule has 2 amide bonds. The first-order chi connectivity index (χ1) is 14.8. The summed E-state index contributed by atoms with van der Waals surface area (Å²) < 4.78 is 39.6. The van der Waals surface area contributed by atoms with Gasteiger partial charge >= 0.3 is 6.18 Å². The van der Waals surface area contributed by atoms with E-state index in [9.17, 15) is 22.8 Å². The van der Waals surface area contributed by atoms with E-state index in [-0.39, 0.29) is 24.1 Å². The molecule has 31 heavy (non-hydrogen) atoms. The third-order valence-corrected chi connectivity index (χ3v) is 5.93. The van der Waals surface area contributed by atoms with Crippen LogP contribution < -0.4 is 5.32 Å². The number of aromatic nitrogens is 2. The number of amides is 2. The zero-order valence-electron chi connectivity index (χ0n) is 16.4. The van der Waals surface area contributed by atoms with E-state index in [1.165, 1.54) is 32.7 Å². The summed E-state index contributed by atoms with van der Waals surface area (Å²) in [5.41, 5.74) is 0.336. The van der Waals surface area contributed by atoms with E-state index in [2.05, 4.69) is 10.4 Å². The molecule has 0 atom stereocenters. The van der Waals surface area contributed by atoms with Gasteiger partial charge < -0.3 is 10.2 Å². The number of hydrogen-bond acceptors (Lipinski definition) is 4. The highest BCUT2D eigenvalue weighted by molar-refractivity contribution is 7.09. The van der Waals surface area contributed by atoms with Crippen molar-refractivity contribution < 1.29 is 22.8 Å². The van der Waals surface area contributed by atoms with Gasteiger partial charge in [0, 0.05) is 30.6 Å².